The third-order valence-electron chi connectivity index (χ3n) is 7.40. The van der Waals surface area contributed by atoms with Gasteiger partial charge in [0.2, 0.25) is 11.8 Å². The summed E-state index contributed by atoms with van der Waals surface area (Å²) in [6.07, 6.45) is 6.03. The van der Waals surface area contributed by atoms with E-state index in [0.717, 1.165) is 48.5 Å². The minimum Gasteiger partial charge on any atom is -0.497 e. The van der Waals surface area contributed by atoms with E-state index in [9.17, 15) is 9.59 Å². The molecule has 1 aromatic carbocycles. The van der Waals surface area contributed by atoms with Crippen molar-refractivity contribution in [2.75, 3.05) is 26.7 Å². The zero-order valence-corrected chi connectivity index (χ0v) is 20.5. The first-order valence-corrected chi connectivity index (χ1v) is 12.6. The summed E-state index contributed by atoms with van der Waals surface area (Å²) in [5.74, 6) is 1.53. The number of nitrogens with zero attached hydrogens (tertiary/aromatic N) is 5. The highest BCUT2D eigenvalue weighted by atomic mass is 16.5. The molecule has 2 aromatic heterocycles. The number of pyridine rings is 1. The maximum absolute atomic E-state index is 13.9. The van der Waals surface area contributed by atoms with E-state index in [1.807, 2.05) is 62.9 Å². The predicted molar refractivity (Wildman–Crippen MR) is 132 cm³/mol. The van der Waals surface area contributed by atoms with Gasteiger partial charge >= 0.3 is 0 Å². The molecular weight excluding hydrogens is 442 g/mol. The molecule has 35 heavy (non-hydrogen) atoms. The summed E-state index contributed by atoms with van der Waals surface area (Å²) in [6, 6.07) is 13.4. The van der Waals surface area contributed by atoms with Crippen LogP contribution >= 0.6 is 0 Å². The van der Waals surface area contributed by atoms with E-state index in [-0.39, 0.29) is 36.1 Å². The number of aromatic nitrogens is 3. The molecule has 3 atom stereocenters. The molecule has 0 spiro atoms. The van der Waals surface area contributed by atoms with Gasteiger partial charge in [0.1, 0.15) is 11.6 Å². The Kier molecular flexibility index (Phi) is 6.70. The Labute approximate surface area is 205 Å². The Hall–Kier alpha value is -3.42. The maximum atomic E-state index is 13.9. The van der Waals surface area contributed by atoms with E-state index in [4.69, 9.17) is 4.74 Å². The number of likely N-dealkylation sites (tertiary alicyclic amines) is 2. The molecule has 2 fully saturated rings. The van der Waals surface area contributed by atoms with Crippen molar-refractivity contribution in [1.82, 2.24) is 24.4 Å². The van der Waals surface area contributed by atoms with Gasteiger partial charge in [-0.3, -0.25) is 14.0 Å². The van der Waals surface area contributed by atoms with E-state index in [1.54, 1.807) is 7.11 Å². The van der Waals surface area contributed by atoms with Crippen molar-refractivity contribution in [2.45, 2.75) is 51.0 Å². The summed E-state index contributed by atoms with van der Waals surface area (Å²) >= 11 is 0. The quantitative estimate of drug-likeness (QED) is 0.519. The van der Waals surface area contributed by atoms with Crippen molar-refractivity contribution in [3.63, 3.8) is 0 Å². The average molecular weight is 476 g/mol. The lowest BCUT2D eigenvalue weighted by molar-refractivity contribution is -0.137. The van der Waals surface area contributed by atoms with E-state index >= 15 is 0 Å². The average Bonchev–Trinajstić information content (AvgIpc) is 3.48. The number of ether oxygens (including phenoxy) is 1. The zero-order chi connectivity index (χ0) is 24.4. The van der Waals surface area contributed by atoms with E-state index < -0.39 is 0 Å². The number of carbonyl (C=O) groups excluding carboxylic acids is 2. The van der Waals surface area contributed by atoms with Gasteiger partial charge in [-0.05, 0) is 49.1 Å². The first-order chi connectivity index (χ1) is 17.1. The molecule has 8 heteroatoms. The Morgan fingerprint density at radius 3 is 2.74 bits per heavy atom. The number of rotatable bonds is 7. The molecule has 3 unspecified atom stereocenters. The van der Waals surface area contributed by atoms with Crippen molar-refractivity contribution >= 4 is 17.5 Å². The third kappa shape index (κ3) is 4.49. The fraction of sp³-hybridized carbons (Fsp3) is 0.481. The molecule has 5 rings (SSSR count). The third-order valence-corrected chi connectivity index (χ3v) is 7.40. The van der Waals surface area contributed by atoms with Crippen molar-refractivity contribution in [1.29, 1.82) is 0 Å². The summed E-state index contributed by atoms with van der Waals surface area (Å²) < 4.78 is 7.34. The lowest BCUT2D eigenvalue weighted by atomic mass is 9.90. The molecule has 184 valence electrons. The number of carbonyl (C=O) groups is 2. The van der Waals surface area contributed by atoms with Crippen LogP contribution in [0.4, 0.5) is 0 Å². The van der Waals surface area contributed by atoms with Crippen LogP contribution in [0.15, 0.2) is 48.7 Å². The fourth-order valence-electron chi connectivity index (χ4n) is 5.58. The summed E-state index contributed by atoms with van der Waals surface area (Å²) in [5.41, 5.74) is 1.81. The Bertz CT molecular complexity index is 1190. The fourth-order valence-corrected chi connectivity index (χ4v) is 5.58. The molecule has 0 bridgehead atoms. The summed E-state index contributed by atoms with van der Waals surface area (Å²) in [7, 11) is 1.64. The first-order valence-electron chi connectivity index (χ1n) is 12.6. The highest BCUT2D eigenvalue weighted by Gasteiger charge is 2.46. The van der Waals surface area contributed by atoms with Gasteiger partial charge < -0.3 is 14.5 Å². The molecular formula is C27H33N5O3. The van der Waals surface area contributed by atoms with Crippen molar-refractivity contribution in [3.8, 4) is 5.75 Å². The minimum absolute atomic E-state index is 0.0645. The smallest absolute Gasteiger partial charge is 0.228 e. The van der Waals surface area contributed by atoms with Crippen LogP contribution < -0.4 is 4.74 Å². The van der Waals surface area contributed by atoms with Crippen LogP contribution in [0.1, 0.15) is 62.4 Å². The van der Waals surface area contributed by atoms with E-state index in [1.165, 1.54) is 0 Å². The van der Waals surface area contributed by atoms with Gasteiger partial charge in [-0.25, -0.2) is 0 Å². The second kappa shape index (κ2) is 10.1. The number of hydrogen-bond donors (Lipinski definition) is 0. The van der Waals surface area contributed by atoms with E-state index in [2.05, 4.69) is 17.1 Å². The number of piperidine rings is 1. The molecule has 2 aliphatic heterocycles. The van der Waals surface area contributed by atoms with Crippen LogP contribution in [0.2, 0.25) is 0 Å². The molecule has 4 heterocycles. The molecule has 3 aromatic rings. The first kappa shape index (κ1) is 23.3. The Morgan fingerprint density at radius 1 is 1.14 bits per heavy atom. The van der Waals surface area contributed by atoms with Gasteiger partial charge in [0.25, 0.3) is 0 Å². The van der Waals surface area contributed by atoms with Gasteiger partial charge in [-0.2, -0.15) is 0 Å². The lowest BCUT2D eigenvalue weighted by Gasteiger charge is -2.36. The van der Waals surface area contributed by atoms with Gasteiger partial charge in [0, 0.05) is 38.2 Å². The van der Waals surface area contributed by atoms with Crippen molar-refractivity contribution < 1.29 is 14.3 Å². The molecule has 0 saturated carbocycles. The molecule has 8 nitrogen and oxygen atoms in total. The van der Waals surface area contributed by atoms with Gasteiger partial charge in [-0.15, -0.1) is 10.2 Å². The Morgan fingerprint density at radius 2 is 1.97 bits per heavy atom. The monoisotopic (exact) mass is 475 g/mol. The SMILES string of the molecule is CCCCN1C(=O)CC(C(=O)N2CCCC(c3nnc4ccccn34)C2)C1c1ccc(OC)cc1. The highest BCUT2D eigenvalue weighted by molar-refractivity contribution is 5.90. The summed E-state index contributed by atoms with van der Waals surface area (Å²) in [4.78, 5) is 30.9. The van der Waals surface area contributed by atoms with Crippen LogP contribution in [-0.4, -0.2) is 63.0 Å². The second-order valence-corrected chi connectivity index (χ2v) is 9.58. The van der Waals surface area contributed by atoms with Crippen molar-refractivity contribution in [2.24, 2.45) is 5.92 Å². The maximum Gasteiger partial charge on any atom is 0.228 e. The van der Waals surface area contributed by atoms with E-state index in [0.29, 0.717) is 19.6 Å². The Balaban J connectivity index is 1.40. The lowest BCUT2D eigenvalue weighted by Crippen LogP contribution is -2.44. The van der Waals surface area contributed by atoms with Crippen LogP contribution in [0.25, 0.3) is 5.65 Å². The number of methoxy groups -OCH3 is 1. The highest BCUT2D eigenvalue weighted by Crippen LogP contribution is 2.41. The molecule has 0 radical (unpaired) electrons. The summed E-state index contributed by atoms with van der Waals surface area (Å²) in [5, 5.41) is 8.75. The van der Waals surface area contributed by atoms with Gasteiger partial charge in [0.15, 0.2) is 5.65 Å². The van der Waals surface area contributed by atoms with Crippen LogP contribution in [-0.2, 0) is 9.59 Å². The molecule has 2 saturated heterocycles. The normalized spacial score (nSPS) is 22.7. The number of unbranched alkanes of at least 4 members (excludes halogenated alkanes) is 1. The van der Waals surface area contributed by atoms with Crippen molar-refractivity contribution in [3.05, 3.63) is 60.0 Å². The molecule has 0 N–H and O–H groups in total. The number of benzene rings is 1. The number of hydrogen-bond acceptors (Lipinski definition) is 5. The molecule has 0 aliphatic carbocycles. The van der Waals surface area contributed by atoms with Gasteiger partial charge in [0.05, 0.1) is 19.1 Å². The number of amides is 2. The standard InChI is InChI=1S/C27H33N5O3/c1-3-4-15-32-24(33)17-22(25(32)19-10-12-21(35-2)13-11-19)27(34)30-14-7-8-20(18-30)26-29-28-23-9-5-6-16-31(23)26/h5-6,9-13,16,20,22,25H,3-4,7-8,14-15,17-18H2,1-2H3. The van der Waals surface area contributed by atoms with Crippen LogP contribution in [0.3, 0.4) is 0 Å². The largest absolute Gasteiger partial charge is 0.497 e. The van der Waals surface area contributed by atoms with Crippen LogP contribution in [0, 0.1) is 5.92 Å². The van der Waals surface area contributed by atoms with Gasteiger partial charge in [-0.1, -0.05) is 31.5 Å². The topological polar surface area (TPSA) is 80.0 Å². The second-order valence-electron chi connectivity index (χ2n) is 9.58. The zero-order valence-electron chi connectivity index (χ0n) is 20.5. The van der Waals surface area contributed by atoms with Crippen LogP contribution in [0.5, 0.6) is 5.75 Å². The minimum atomic E-state index is -0.387. The molecule has 2 aliphatic rings. The number of fused-ring (bicyclic) bond motifs is 1. The summed E-state index contributed by atoms with van der Waals surface area (Å²) in [6.45, 7) is 4.10. The molecule has 2 amide bonds. The predicted octanol–water partition coefficient (Wildman–Crippen LogP) is 3.83.